The lowest BCUT2D eigenvalue weighted by Gasteiger charge is -2.11. The zero-order chi connectivity index (χ0) is 31.3. The molecule has 4 aromatic heterocycles. The fraction of sp³-hybridized carbons (Fsp3) is 0.333. The first-order valence-electron chi connectivity index (χ1n) is 11.7. The number of hydrogen-bond donors (Lipinski definition) is 1. The quantitative estimate of drug-likeness (QED) is 0.115. The molecule has 0 saturated carbocycles. The van der Waals surface area contributed by atoms with Crippen molar-refractivity contribution in [2.45, 2.75) is 50.8 Å². The zero-order valence-electron chi connectivity index (χ0n) is 21.8. The molecule has 0 bridgehead atoms. The Hall–Kier alpha value is -2.43. The molecule has 4 rings (SSSR count). The Kier molecular flexibility index (Phi) is 16.5. The van der Waals surface area contributed by atoms with Gasteiger partial charge in [0.2, 0.25) is 9.23 Å². The fourth-order valence-corrected chi connectivity index (χ4v) is 3.68. The molecule has 0 saturated heterocycles. The van der Waals surface area contributed by atoms with Gasteiger partial charge in [0.15, 0.2) is 0 Å². The van der Waals surface area contributed by atoms with E-state index in [1.54, 1.807) is 42.6 Å². The summed E-state index contributed by atoms with van der Waals surface area (Å²) < 4.78 is 85.1. The van der Waals surface area contributed by atoms with Gasteiger partial charge >= 0.3 is 12.4 Å². The molecule has 0 spiro atoms. The largest absolute Gasteiger partial charge is 0.392 e. The van der Waals surface area contributed by atoms with E-state index in [-0.39, 0.29) is 38.0 Å². The molecule has 0 aliphatic rings. The standard InChI is InChI=1S/C12H11ClF3N3.C12H12F3N3O.Cl2OS.ClH/c13-8-9-2-1-5-17-11(9)10-3-6-18-19(10)7-4-12(14,15)16;13-12(14,15)4-7-18-10(3-6-17-18)11-9(8-19)2-1-5-16-11;1-4(2)3;/h1-3,5-6H,4,7-8H2;1-3,5-6,19H,4,7-8H2;;1H. The summed E-state index contributed by atoms with van der Waals surface area (Å²) in [6.07, 6.45) is -4.34. The van der Waals surface area contributed by atoms with Crippen LogP contribution in [0.3, 0.4) is 0 Å². The van der Waals surface area contributed by atoms with E-state index < -0.39 is 34.4 Å². The molecule has 0 unspecified atom stereocenters. The van der Waals surface area contributed by atoms with Crippen LogP contribution >= 0.6 is 45.4 Å². The third kappa shape index (κ3) is 13.8. The Bertz CT molecular complexity index is 1320. The Morgan fingerprint density at radius 3 is 1.51 bits per heavy atom. The van der Waals surface area contributed by atoms with Gasteiger partial charge in [0.1, 0.15) is 0 Å². The van der Waals surface area contributed by atoms with Gasteiger partial charge in [-0.2, -0.15) is 36.5 Å². The third-order valence-corrected chi connectivity index (χ3v) is 5.52. The van der Waals surface area contributed by atoms with Crippen LogP contribution in [0.5, 0.6) is 0 Å². The summed E-state index contributed by atoms with van der Waals surface area (Å²) in [6, 6.07) is 10.1. The number of aliphatic hydroxyl groups is 1. The predicted molar refractivity (Wildman–Crippen MR) is 155 cm³/mol. The molecule has 0 radical (unpaired) electrons. The molecule has 0 amide bonds. The van der Waals surface area contributed by atoms with E-state index >= 15 is 0 Å². The Morgan fingerprint density at radius 1 is 0.744 bits per heavy atom. The van der Waals surface area contributed by atoms with Crippen LogP contribution in [-0.2, 0) is 34.8 Å². The lowest BCUT2D eigenvalue weighted by Crippen LogP contribution is -2.14. The first-order chi connectivity index (χ1) is 19.8. The lowest BCUT2D eigenvalue weighted by atomic mass is 10.1. The smallest absolute Gasteiger partial charge is 0.390 e. The summed E-state index contributed by atoms with van der Waals surface area (Å²) in [7, 11) is 7.36. The van der Waals surface area contributed by atoms with E-state index in [4.69, 9.17) is 15.8 Å². The third-order valence-electron chi connectivity index (χ3n) is 5.23. The minimum atomic E-state index is -4.23. The highest BCUT2D eigenvalue weighted by molar-refractivity contribution is 8.26. The second-order valence-corrected chi connectivity index (χ2v) is 10.9. The highest BCUT2D eigenvalue weighted by atomic mass is 36.0. The van der Waals surface area contributed by atoms with Gasteiger partial charge in [-0.25, -0.2) is 4.21 Å². The number of aryl methyl sites for hydroxylation is 2. The summed E-state index contributed by atoms with van der Waals surface area (Å²) in [5.74, 6) is 0.244. The van der Waals surface area contributed by atoms with Crippen LogP contribution in [0.1, 0.15) is 24.0 Å². The van der Waals surface area contributed by atoms with E-state index in [1.807, 2.05) is 0 Å². The van der Waals surface area contributed by atoms with Crippen LogP contribution in [0.2, 0.25) is 0 Å². The van der Waals surface area contributed by atoms with E-state index in [1.165, 1.54) is 28.0 Å². The second-order valence-electron chi connectivity index (χ2n) is 8.11. The zero-order valence-corrected chi connectivity index (χ0v) is 25.7. The summed E-state index contributed by atoms with van der Waals surface area (Å²) in [5.41, 5.74) is 3.34. The molecule has 4 heterocycles. The van der Waals surface area contributed by atoms with Crippen molar-refractivity contribution in [1.82, 2.24) is 29.5 Å². The van der Waals surface area contributed by atoms with E-state index in [2.05, 4.69) is 41.5 Å². The molecular weight excluding hydrogens is 692 g/mol. The Labute approximate surface area is 264 Å². The maximum atomic E-state index is 12.2. The lowest BCUT2D eigenvalue weighted by molar-refractivity contribution is -0.138. The van der Waals surface area contributed by atoms with Crippen LogP contribution < -0.4 is 0 Å². The van der Waals surface area contributed by atoms with Crippen LogP contribution in [0, 0.1) is 0 Å². The van der Waals surface area contributed by atoms with Gasteiger partial charge < -0.3 is 5.11 Å². The molecule has 0 fully saturated rings. The van der Waals surface area contributed by atoms with Gasteiger partial charge in [0, 0.05) is 57.6 Å². The molecule has 0 aromatic carbocycles. The first kappa shape index (κ1) is 38.6. The number of alkyl halides is 7. The maximum absolute atomic E-state index is 12.2. The van der Waals surface area contributed by atoms with Gasteiger partial charge in [-0.3, -0.25) is 19.3 Å². The van der Waals surface area contributed by atoms with Crippen LogP contribution in [0.4, 0.5) is 26.3 Å². The monoisotopic (exact) mass is 714 g/mol. The number of pyridine rings is 2. The Balaban J connectivity index is 0.000000375. The van der Waals surface area contributed by atoms with Gasteiger partial charge in [-0.1, -0.05) is 12.1 Å². The van der Waals surface area contributed by atoms with E-state index in [9.17, 15) is 31.4 Å². The molecular formula is C24H24Cl4F6N6O2S. The number of hydrogen-bond acceptors (Lipinski definition) is 6. The number of rotatable bonds is 8. The van der Waals surface area contributed by atoms with Crippen molar-refractivity contribution >= 4 is 54.6 Å². The number of aromatic nitrogens is 6. The van der Waals surface area contributed by atoms with Crippen molar-refractivity contribution < 1.29 is 35.7 Å². The van der Waals surface area contributed by atoms with Crippen LogP contribution in [-0.4, -0.2) is 51.2 Å². The SMILES string of the molecule is Cl.FC(F)(F)CCn1nccc1-c1ncccc1CCl.O=S(Cl)Cl.OCc1cccnc1-c1ccnn1CCC(F)(F)F. The van der Waals surface area contributed by atoms with Crippen LogP contribution in [0.15, 0.2) is 61.2 Å². The van der Waals surface area contributed by atoms with Gasteiger partial charge in [0.25, 0.3) is 0 Å². The van der Waals surface area contributed by atoms with Crippen molar-refractivity contribution in [3.8, 4) is 22.8 Å². The molecule has 4 aromatic rings. The molecule has 238 valence electrons. The van der Waals surface area contributed by atoms with Crippen molar-refractivity contribution in [3.63, 3.8) is 0 Å². The van der Waals surface area contributed by atoms with Crippen molar-refractivity contribution in [2.24, 2.45) is 0 Å². The highest BCUT2D eigenvalue weighted by Crippen LogP contribution is 2.26. The Morgan fingerprint density at radius 2 is 1.14 bits per heavy atom. The van der Waals surface area contributed by atoms with Crippen LogP contribution in [0.25, 0.3) is 22.8 Å². The molecule has 8 nitrogen and oxygen atoms in total. The normalized spacial score (nSPS) is 11.2. The average Bonchev–Trinajstić information content (AvgIpc) is 3.59. The molecule has 1 N–H and O–H groups in total. The summed E-state index contributed by atoms with van der Waals surface area (Å²) in [6.45, 7) is -0.731. The summed E-state index contributed by atoms with van der Waals surface area (Å²) in [4.78, 5) is 8.27. The first-order valence-corrected chi connectivity index (χ1v) is 15.1. The number of nitrogens with zero attached hydrogens (tertiary/aromatic N) is 6. The number of halogens is 10. The van der Waals surface area contributed by atoms with E-state index in [0.717, 1.165) is 5.56 Å². The average molecular weight is 716 g/mol. The van der Waals surface area contributed by atoms with Crippen molar-refractivity contribution in [1.29, 1.82) is 0 Å². The predicted octanol–water partition coefficient (Wildman–Crippen LogP) is 7.49. The molecule has 0 aliphatic carbocycles. The second kappa shape index (κ2) is 18.4. The minimum absolute atomic E-state index is 0. The van der Waals surface area contributed by atoms with E-state index in [0.29, 0.717) is 28.3 Å². The minimum Gasteiger partial charge on any atom is -0.392 e. The topological polar surface area (TPSA) is 98.7 Å². The summed E-state index contributed by atoms with van der Waals surface area (Å²) >= 11 is 5.80. The molecule has 19 heteroatoms. The highest BCUT2D eigenvalue weighted by Gasteiger charge is 2.28. The van der Waals surface area contributed by atoms with Gasteiger partial charge in [-0.05, 0) is 29.8 Å². The fourth-order valence-electron chi connectivity index (χ4n) is 3.46. The molecule has 0 atom stereocenters. The van der Waals surface area contributed by atoms with Gasteiger partial charge in [-0.15, -0.1) is 24.0 Å². The molecule has 0 aliphatic heterocycles. The summed E-state index contributed by atoms with van der Waals surface area (Å²) in [5, 5.41) is 17.0. The molecule has 43 heavy (non-hydrogen) atoms. The van der Waals surface area contributed by atoms with Crippen molar-refractivity contribution in [2.75, 3.05) is 0 Å². The number of aliphatic hydroxyl groups excluding tert-OH is 1. The van der Waals surface area contributed by atoms with Crippen molar-refractivity contribution in [3.05, 3.63) is 72.3 Å². The van der Waals surface area contributed by atoms with Gasteiger partial charge in [0.05, 0.1) is 55.3 Å². The maximum Gasteiger partial charge on any atom is 0.390 e.